The summed E-state index contributed by atoms with van der Waals surface area (Å²) in [5.74, 6) is -0.495. The minimum absolute atomic E-state index is 0.129. The first-order valence-electron chi connectivity index (χ1n) is 6.00. The number of benzene rings is 2. The highest BCUT2D eigenvalue weighted by Gasteiger charge is 2.17. The number of hydrogen-bond acceptors (Lipinski definition) is 4. The van der Waals surface area contributed by atoms with Crippen molar-refractivity contribution >= 4 is 34.6 Å². The summed E-state index contributed by atoms with van der Waals surface area (Å²) in [5, 5.41) is 13.9. The highest BCUT2D eigenvalue weighted by atomic mass is 35.5. The molecule has 0 fully saturated rings. The van der Waals surface area contributed by atoms with Gasteiger partial charge in [0.1, 0.15) is 5.69 Å². The molecule has 7 heteroatoms. The number of carbonyl (C=O) groups is 1. The fraction of sp³-hybridized carbons (Fsp3) is 0.0714. The van der Waals surface area contributed by atoms with Crippen LogP contribution in [0.15, 0.2) is 36.4 Å². The summed E-state index contributed by atoms with van der Waals surface area (Å²) in [4.78, 5) is 22.6. The lowest BCUT2D eigenvalue weighted by Gasteiger charge is -2.07. The largest absolute Gasteiger partial charge is 0.398 e. The van der Waals surface area contributed by atoms with E-state index in [4.69, 9.17) is 17.3 Å². The fourth-order valence-corrected chi connectivity index (χ4v) is 1.90. The number of nitrogens with zero attached hydrogens (tertiary/aromatic N) is 1. The molecule has 0 radical (unpaired) electrons. The Morgan fingerprint density at radius 3 is 2.62 bits per heavy atom. The minimum Gasteiger partial charge on any atom is -0.398 e. The zero-order valence-electron chi connectivity index (χ0n) is 11.1. The van der Waals surface area contributed by atoms with Crippen LogP contribution >= 0.6 is 11.6 Å². The predicted molar refractivity (Wildman–Crippen MR) is 81.7 cm³/mol. The molecule has 0 aliphatic heterocycles. The second-order valence-electron chi connectivity index (χ2n) is 4.47. The first-order valence-corrected chi connectivity index (χ1v) is 6.37. The Kier molecular flexibility index (Phi) is 4.09. The molecule has 3 N–H and O–H groups in total. The molecule has 1 amide bonds. The van der Waals surface area contributed by atoms with Crippen molar-refractivity contribution in [1.82, 2.24) is 0 Å². The van der Waals surface area contributed by atoms with Crippen LogP contribution in [0, 0.1) is 17.0 Å². The van der Waals surface area contributed by atoms with Gasteiger partial charge in [0.25, 0.3) is 11.6 Å². The van der Waals surface area contributed by atoms with Gasteiger partial charge in [0.2, 0.25) is 0 Å². The Bertz CT molecular complexity index is 731. The van der Waals surface area contributed by atoms with Crippen LogP contribution in [0.4, 0.5) is 17.1 Å². The van der Waals surface area contributed by atoms with Crippen LogP contribution in [0.25, 0.3) is 0 Å². The number of hydrogen-bond donors (Lipinski definition) is 2. The van der Waals surface area contributed by atoms with Gasteiger partial charge in [-0.05, 0) is 36.8 Å². The van der Waals surface area contributed by atoms with Crippen molar-refractivity contribution in [1.29, 1.82) is 0 Å². The Balaban J connectivity index is 2.31. The summed E-state index contributed by atoms with van der Waals surface area (Å²) in [5.41, 5.74) is 6.87. The third-order valence-electron chi connectivity index (χ3n) is 2.86. The van der Waals surface area contributed by atoms with Gasteiger partial charge in [0.15, 0.2) is 0 Å². The second-order valence-corrected chi connectivity index (χ2v) is 4.88. The number of anilines is 2. The van der Waals surface area contributed by atoms with Crippen LogP contribution in [0.2, 0.25) is 5.02 Å². The maximum Gasteiger partial charge on any atom is 0.293 e. The van der Waals surface area contributed by atoms with Crippen LogP contribution in [-0.4, -0.2) is 10.8 Å². The van der Waals surface area contributed by atoms with Crippen molar-refractivity contribution in [2.75, 3.05) is 11.1 Å². The van der Waals surface area contributed by atoms with Gasteiger partial charge in [-0.25, -0.2) is 0 Å². The van der Waals surface area contributed by atoms with E-state index in [0.29, 0.717) is 5.02 Å². The van der Waals surface area contributed by atoms with Gasteiger partial charge >= 0.3 is 0 Å². The summed E-state index contributed by atoms with van der Waals surface area (Å²) in [7, 11) is 0. The molecule has 0 aromatic heterocycles. The van der Waals surface area contributed by atoms with Crippen molar-refractivity contribution in [3.8, 4) is 0 Å². The number of nitrogens with two attached hydrogens (primary N) is 1. The zero-order chi connectivity index (χ0) is 15.6. The molecule has 0 unspecified atom stereocenters. The average Bonchev–Trinajstić information content (AvgIpc) is 2.43. The number of nitrogen functional groups attached to an aromatic ring is 1. The van der Waals surface area contributed by atoms with Crippen molar-refractivity contribution in [2.24, 2.45) is 0 Å². The smallest absolute Gasteiger partial charge is 0.293 e. The minimum atomic E-state index is -0.543. The van der Waals surface area contributed by atoms with Crippen molar-refractivity contribution in [3.05, 3.63) is 62.7 Å². The molecule has 21 heavy (non-hydrogen) atoms. The number of nitro groups is 1. The highest BCUT2D eigenvalue weighted by Crippen LogP contribution is 2.26. The standard InChI is InChI=1S/C14H12ClN3O3/c1-8-2-5-12(13(6-8)18(20)21)17-14(19)9-3-4-10(15)11(16)7-9/h2-7H,16H2,1H3,(H,17,19). The topological polar surface area (TPSA) is 98.3 Å². The molecule has 6 nitrogen and oxygen atoms in total. The maximum absolute atomic E-state index is 12.1. The molecule has 0 spiro atoms. The maximum atomic E-state index is 12.1. The van der Waals surface area contributed by atoms with Crippen molar-refractivity contribution in [2.45, 2.75) is 6.92 Å². The lowest BCUT2D eigenvalue weighted by molar-refractivity contribution is -0.384. The number of nitrogens with one attached hydrogen (secondary N) is 1. The first kappa shape index (κ1) is 14.8. The number of amides is 1. The molecule has 0 aliphatic carbocycles. The van der Waals surface area contributed by atoms with Crippen molar-refractivity contribution in [3.63, 3.8) is 0 Å². The van der Waals surface area contributed by atoms with Crippen LogP contribution in [0.1, 0.15) is 15.9 Å². The lowest BCUT2D eigenvalue weighted by atomic mass is 10.1. The molecule has 0 bridgehead atoms. The van der Waals surface area contributed by atoms with Gasteiger partial charge in [-0.2, -0.15) is 0 Å². The van der Waals surface area contributed by atoms with E-state index in [1.807, 2.05) is 0 Å². The quantitative estimate of drug-likeness (QED) is 0.516. The number of rotatable bonds is 3. The van der Waals surface area contributed by atoms with E-state index >= 15 is 0 Å². The SMILES string of the molecule is Cc1ccc(NC(=O)c2ccc(Cl)c(N)c2)c([N+](=O)[O-])c1. The highest BCUT2D eigenvalue weighted by molar-refractivity contribution is 6.33. The Morgan fingerprint density at radius 2 is 2.00 bits per heavy atom. The van der Waals surface area contributed by atoms with Gasteiger partial charge in [0, 0.05) is 11.6 Å². The molecule has 0 atom stereocenters. The summed E-state index contributed by atoms with van der Waals surface area (Å²) < 4.78 is 0. The number of aryl methyl sites for hydroxylation is 1. The molecule has 2 rings (SSSR count). The third-order valence-corrected chi connectivity index (χ3v) is 3.20. The molecule has 0 heterocycles. The molecule has 2 aromatic rings. The normalized spacial score (nSPS) is 10.2. The number of halogens is 1. The third kappa shape index (κ3) is 3.29. The Morgan fingerprint density at radius 1 is 1.29 bits per heavy atom. The van der Waals surface area contributed by atoms with E-state index in [1.165, 1.54) is 30.3 Å². The summed E-state index contributed by atoms with van der Waals surface area (Å²) >= 11 is 5.78. The van der Waals surface area contributed by atoms with E-state index in [-0.39, 0.29) is 22.6 Å². The summed E-state index contributed by atoms with van der Waals surface area (Å²) in [6.45, 7) is 1.73. The molecule has 108 valence electrons. The Labute approximate surface area is 125 Å². The number of nitro benzene ring substituents is 1. The molecule has 0 saturated heterocycles. The molecule has 2 aromatic carbocycles. The van der Waals surface area contributed by atoms with Gasteiger partial charge in [-0.3, -0.25) is 14.9 Å². The fourth-order valence-electron chi connectivity index (χ4n) is 1.78. The Hall–Kier alpha value is -2.60. The average molecular weight is 306 g/mol. The number of carbonyl (C=O) groups excluding carboxylic acids is 1. The van der Waals surface area contributed by atoms with Gasteiger partial charge in [-0.1, -0.05) is 17.7 Å². The van der Waals surface area contributed by atoms with Crippen LogP contribution in [0.5, 0.6) is 0 Å². The summed E-state index contributed by atoms with van der Waals surface area (Å²) in [6, 6.07) is 8.97. The van der Waals surface area contributed by atoms with Crippen molar-refractivity contribution < 1.29 is 9.72 Å². The van der Waals surface area contributed by atoms with E-state index in [2.05, 4.69) is 5.32 Å². The van der Waals surface area contributed by atoms with Gasteiger partial charge in [0.05, 0.1) is 15.6 Å². The molecule has 0 aliphatic rings. The molecular formula is C14H12ClN3O3. The van der Waals surface area contributed by atoms with E-state index < -0.39 is 10.8 Å². The second kappa shape index (κ2) is 5.80. The molecule has 0 saturated carbocycles. The van der Waals surface area contributed by atoms with Gasteiger partial charge < -0.3 is 11.1 Å². The predicted octanol–water partition coefficient (Wildman–Crippen LogP) is 3.39. The van der Waals surface area contributed by atoms with E-state index in [1.54, 1.807) is 13.0 Å². The monoisotopic (exact) mass is 305 g/mol. The van der Waals surface area contributed by atoms with Crippen LogP contribution in [-0.2, 0) is 0 Å². The first-order chi connectivity index (χ1) is 9.88. The van der Waals surface area contributed by atoms with Gasteiger partial charge in [-0.15, -0.1) is 0 Å². The van der Waals surface area contributed by atoms with E-state index in [9.17, 15) is 14.9 Å². The summed E-state index contributed by atoms with van der Waals surface area (Å²) in [6.07, 6.45) is 0. The zero-order valence-corrected chi connectivity index (χ0v) is 11.8. The molecular weight excluding hydrogens is 294 g/mol. The lowest BCUT2D eigenvalue weighted by Crippen LogP contribution is -2.13. The van der Waals surface area contributed by atoms with E-state index in [0.717, 1.165) is 5.56 Å². The van der Waals surface area contributed by atoms with Crippen LogP contribution < -0.4 is 11.1 Å². The van der Waals surface area contributed by atoms with Crippen LogP contribution in [0.3, 0.4) is 0 Å².